The molecule has 2 aromatic rings. The molecule has 20 heavy (non-hydrogen) atoms. The molecule has 1 amide bonds. The minimum absolute atomic E-state index is 0.162. The zero-order valence-electron chi connectivity index (χ0n) is 11.3. The van der Waals surface area contributed by atoms with Gasteiger partial charge in [-0.05, 0) is 31.5 Å². The highest BCUT2D eigenvalue weighted by atomic mass is 19.1. The molecule has 1 unspecified atom stereocenters. The number of rotatable bonds is 3. The molecular weight excluding hydrogens is 260 g/mol. The van der Waals surface area contributed by atoms with Gasteiger partial charge in [0.1, 0.15) is 11.6 Å². The van der Waals surface area contributed by atoms with Crippen LogP contribution in [0.1, 0.15) is 34.5 Å². The molecule has 0 saturated heterocycles. The largest absolute Gasteiger partial charge is 0.345 e. The molecule has 0 aliphatic carbocycles. The Labute approximate surface area is 116 Å². The second-order valence-electron chi connectivity index (χ2n) is 4.73. The first-order valence-electron chi connectivity index (χ1n) is 6.30. The third-order valence-corrected chi connectivity index (χ3v) is 3.10. The number of hydrogen-bond acceptors (Lipinski definition) is 1. The van der Waals surface area contributed by atoms with Crippen molar-refractivity contribution in [1.82, 2.24) is 5.32 Å². The maximum atomic E-state index is 13.5. The number of halogens is 2. The summed E-state index contributed by atoms with van der Waals surface area (Å²) in [4.78, 5) is 12.0. The Morgan fingerprint density at radius 2 is 1.75 bits per heavy atom. The van der Waals surface area contributed by atoms with Crippen LogP contribution in [-0.4, -0.2) is 5.91 Å². The Morgan fingerprint density at radius 1 is 1.10 bits per heavy atom. The van der Waals surface area contributed by atoms with Crippen molar-refractivity contribution in [1.29, 1.82) is 0 Å². The third-order valence-electron chi connectivity index (χ3n) is 3.10. The molecule has 2 nitrogen and oxygen atoms in total. The van der Waals surface area contributed by atoms with Crippen molar-refractivity contribution >= 4 is 5.91 Å². The van der Waals surface area contributed by atoms with E-state index in [1.807, 2.05) is 38.1 Å². The molecule has 2 rings (SSSR count). The summed E-state index contributed by atoms with van der Waals surface area (Å²) in [7, 11) is 0. The van der Waals surface area contributed by atoms with Gasteiger partial charge in [0, 0.05) is 6.07 Å². The molecule has 0 aromatic heterocycles. The van der Waals surface area contributed by atoms with Gasteiger partial charge < -0.3 is 5.32 Å². The summed E-state index contributed by atoms with van der Waals surface area (Å²) >= 11 is 0. The molecule has 0 fully saturated rings. The van der Waals surface area contributed by atoms with E-state index < -0.39 is 17.5 Å². The van der Waals surface area contributed by atoms with Gasteiger partial charge in [-0.1, -0.05) is 29.8 Å². The number of benzene rings is 2. The van der Waals surface area contributed by atoms with E-state index in [4.69, 9.17) is 0 Å². The van der Waals surface area contributed by atoms with Crippen LogP contribution in [0.4, 0.5) is 8.78 Å². The van der Waals surface area contributed by atoms with E-state index in [0.717, 1.165) is 23.3 Å². The van der Waals surface area contributed by atoms with Gasteiger partial charge in [-0.15, -0.1) is 0 Å². The van der Waals surface area contributed by atoms with E-state index >= 15 is 0 Å². The lowest BCUT2D eigenvalue weighted by molar-refractivity contribution is 0.0935. The molecule has 0 aliphatic rings. The van der Waals surface area contributed by atoms with Crippen LogP contribution in [0.25, 0.3) is 0 Å². The zero-order valence-corrected chi connectivity index (χ0v) is 11.3. The predicted octanol–water partition coefficient (Wildman–Crippen LogP) is 3.76. The quantitative estimate of drug-likeness (QED) is 0.907. The van der Waals surface area contributed by atoms with Gasteiger partial charge in [-0.25, -0.2) is 8.78 Å². The van der Waals surface area contributed by atoms with Crippen molar-refractivity contribution in [3.05, 3.63) is 70.8 Å². The Kier molecular flexibility index (Phi) is 4.13. The summed E-state index contributed by atoms with van der Waals surface area (Å²) in [6, 6.07) is 10.3. The Balaban J connectivity index is 2.13. The van der Waals surface area contributed by atoms with Crippen LogP contribution in [-0.2, 0) is 0 Å². The highest BCUT2D eigenvalue weighted by Crippen LogP contribution is 2.15. The fourth-order valence-electron chi connectivity index (χ4n) is 1.89. The Hall–Kier alpha value is -2.23. The molecule has 0 saturated carbocycles. The molecule has 1 N–H and O–H groups in total. The average molecular weight is 275 g/mol. The van der Waals surface area contributed by atoms with Crippen molar-refractivity contribution in [2.24, 2.45) is 0 Å². The summed E-state index contributed by atoms with van der Waals surface area (Å²) in [5.41, 5.74) is 1.88. The topological polar surface area (TPSA) is 29.1 Å². The van der Waals surface area contributed by atoms with Crippen LogP contribution in [0.3, 0.4) is 0 Å². The van der Waals surface area contributed by atoms with E-state index in [-0.39, 0.29) is 11.6 Å². The standard InChI is InChI=1S/C16H15F2NO/c1-10-3-5-12(6-4-10)11(2)19-16(20)14-8-7-13(17)9-15(14)18/h3-9,11H,1-2H3,(H,19,20). The van der Waals surface area contributed by atoms with Crippen LogP contribution < -0.4 is 5.32 Å². The van der Waals surface area contributed by atoms with Crippen molar-refractivity contribution in [3.8, 4) is 0 Å². The summed E-state index contributed by atoms with van der Waals surface area (Å²) in [5.74, 6) is -2.13. The molecule has 2 aromatic carbocycles. The minimum atomic E-state index is -0.862. The lowest BCUT2D eigenvalue weighted by Gasteiger charge is -2.15. The minimum Gasteiger partial charge on any atom is -0.345 e. The monoisotopic (exact) mass is 275 g/mol. The van der Waals surface area contributed by atoms with Gasteiger partial charge in [0.25, 0.3) is 5.91 Å². The van der Waals surface area contributed by atoms with Crippen molar-refractivity contribution in [2.75, 3.05) is 0 Å². The smallest absolute Gasteiger partial charge is 0.254 e. The number of carbonyl (C=O) groups is 1. The first kappa shape index (κ1) is 14.2. The van der Waals surface area contributed by atoms with Gasteiger partial charge >= 0.3 is 0 Å². The van der Waals surface area contributed by atoms with Gasteiger partial charge in [0.2, 0.25) is 0 Å². The highest BCUT2D eigenvalue weighted by Gasteiger charge is 2.15. The van der Waals surface area contributed by atoms with Crippen LogP contribution in [0.15, 0.2) is 42.5 Å². The van der Waals surface area contributed by atoms with Gasteiger partial charge in [-0.3, -0.25) is 4.79 Å². The van der Waals surface area contributed by atoms with Crippen molar-refractivity contribution in [2.45, 2.75) is 19.9 Å². The highest BCUT2D eigenvalue weighted by molar-refractivity contribution is 5.94. The number of carbonyl (C=O) groups excluding carboxylic acids is 1. The van der Waals surface area contributed by atoms with E-state index in [1.54, 1.807) is 0 Å². The average Bonchev–Trinajstić information content (AvgIpc) is 2.39. The fraction of sp³-hybridized carbons (Fsp3) is 0.188. The van der Waals surface area contributed by atoms with Crippen LogP contribution in [0, 0.1) is 18.6 Å². The van der Waals surface area contributed by atoms with E-state index in [1.165, 1.54) is 0 Å². The maximum absolute atomic E-state index is 13.5. The predicted molar refractivity (Wildman–Crippen MR) is 73.4 cm³/mol. The molecule has 0 radical (unpaired) electrons. The van der Waals surface area contributed by atoms with Crippen molar-refractivity contribution in [3.63, 3.8) is 0 Å². The molecule has 0 bridgehead atoms. The fourth-order valence-corrected chi connectivity index (χ4v) is 1.89. The first-order chi connectivity index (χ1) is 9.47. The van der Waals surface area contributed by atoms with E-state index in [2.05, 4.69) is 5.32 Å². The Bertz CT molecular complexity index is 623. The molecule has 4 heteroatoms. The van der Waals surface area contributed by atoms with Gasteiger partial charge in [-0.2, -0.15) is 0 Å². The lowest BCUT2D eigenvalue weighted by atomic mass is 10.1. The van der Waals surface area contributed by atoms with Crippen LogP contribution in [0.2, 0.25) is 0 Å². The summed E-state index contributed by atoms with van der Waals surface area (Å²) < 4.78 is 26.3. The summed E-state index contributed by atoms with van der Waals surface area (Å²) in [6.45, 7) is 3.78. The molecule has 0 heterocycles. The number of amides is 1. The molecular formula is C16H15F2NO. The maximum Gasteiger partial charge on any atom is 0.254 e. The van der Waals surface area contributed by atoms with Crippen molar-refractivity contribution < 1.29 is 13.6 Å². The van der Waals surface area contributed by atoms with E-state index in [0.29, 0.717) is 6.07 Å². The molecule has 0 spiro atoms. The first-order valence-corrected chi connectivity index (χ1v) is 6.30. The second kappa shape index (κ2) is 5.82. The summed E-state index contributed by atoms with van der Waals surface area (Å²) in [5, 5.41) is 2.69. The van der Waals surface area contributed by atoms with E-state index in [9.17, 15) is 13.6 Å². The Morgan fingerprint density at radius 3 is 2.35 bits per heavy atom. The lowest BCUT2D eigenvalue weighted by Crippen LogP contribution is -2.27. The van der Waals surface area contributed by atoms with Gasteiger partial charge in [0.15, 0.2) is 0 Å². The number of nitrogens with one attached hydrogen (secondary N) is 1. The van der Waals surface area contributed by atoms with Gasteiger partial charge in [0.05, 0.1) is 11.6 Å². The SMILES string of the molecule is Cc1ccc(C(C)NC(=O)c2ccc(F)cc2F)cc1. The number of hydrogen-bond donors (Lipinski definition) is 1. The zero-order chi connectivity index (χ0) is 14.7. The van der Waals surface area contributed by atoms with Crippen LogP contribution >= 0.6 is 0 Å². The second-order valence-corrected chi connectivity index (χ2v) is 4.73. The van der Waals surface area contributed by atoms with Crippen LogP contribution in [0.5, 0.6) is 0 Å². The molecule has 0 aliphatic heterocycles. The normalized spacial score (nSPS) is 12.0. The summed E-state index contributed by atoms with van der Waals surface area (Å²) in [6.07, 6.45) is 0. The molecule has 104 valence electrons. The number of aryl methyl sites for hydroxylation is 1. The third kappa shape index (κ3) is 3.20. The molecule has 1 atom stereocenters.